The Hall–Kier alpha value is -1.11. The van der Waals surface area contributed by atoms with Gasteiger partial charge in [-0.2, -0.15) is 0 Å². The second-order valence-electron chi connectivity index (χ2n) is 4.75. The summed E-state index contributed by atoms with van der Waals surface area (Å²) in [5, 5.41) is 0. The minimum Gasteiger partial charge on any atom is -0.298 e. The highest BCUT2D eigenvalue weighted by molar-refractivity contribution is 5.76. The normalized spacial score (nSPS) is 11.1. The maximum atomic E-state index is 10.9. The highest BCUT2D eigenvalue weighted by Crippen LogP contribution is 2.28. The molecule has 0 aliphatic carbocycles. The third-order valence-corrected chi connectivity index (χ3v) is 2.89. The van der Waals surface area contributed by atoms with Crippen molar-refractivity contribution in [3.05, 3.63) is 34.4 Å². The van der Waals surface area contributed by atoms with E-state index in [1.54, 1.807) is 0 Å². The highest BCUT2D eigenvalue weighted by atomic mass is 16.1. The number of carbonyl (C=O) groups excluding carboxylic acids is 1. The first kappa shape index (κ1) is 12.0. The Morgan fingerprint density at radius 3 is 1.67 bits per heavy atom. The molecular formula is C14H20O. The van der Waals surface area contributed by atoms with Crippen molar-refractivity contribution in [1.82, 2.24) is 0 Å². The third-order valence-electron chi connectivity index (χ3n) is 2.89. The molecule has 0 atom stereocenters. The van der Waals surface area contributed by atoms with Crippen molar-refractivity contribution in [3.8, 4) is 0 Å². The molecule has 0 bridgehead atoms. The van der Waals surface area contributed by atoms with Gasteiger partial charge in [0.15, 0.2) is 0 Å². The Labute approximate surface area is 92.5 Å². The van der Waals surface area contributed by atoms with E-state index < -0.39 is 0 Å². The fourth-order valence-electron chi connectivity index (χ4n) is 2.05. The van der Waals surface area contributed by atoms with Crippen LogP contribution in [0, 0.1) is 6.92 Å². The first-order valence-corrected chi connectivity index (χ1v) is 5.57. The van der Waals surface area contributed by atoms with Crippen molar-refractivity contribution in [2.75, 3.05) is 0 Å². The van der Waals surface area contributed by atoms with E-state index in [1.807, 2.05) is 12.1 Å². The Bertz CT molecular complexity index is 333. The van der Waals surface area contributed by atoms with Gasteiger partial charge < -0.3 is 0 Å². The second kappa shape index (κ2) is 4.61. The summed E-state index contributed by atoms with van der Waals surface area (Å²) in [7, 11) is 0. The Morgan fingerprint density at radius 2 is 1.40 bits per heavy atom. The largest absolute Gasteiger partial charge is 0.298 e. The molecule has 0 radical (unpaired) electrons. The molecule has 0 unspecified atom stereocenters. The molecule has 0 saturated carbocycles. The summed E-state index contributed by atoms with van der Waals surface area (Å²) >= 11 is 0. The van der Waals surface area contributed by atoms with Crippen molar-refractivity contribution in [3.63, 3.8) is 0 Å². The van der Waals surface area contributed by atoms with Crippen LogP contribution < -0.4 is 0 Å². The van der Waals surface area contributed by atoms with Gasteiger partial charge in [0, 0.05) is 5.56 Å². The lowest BCUT2D eigenvalue weighted by atomic mass is 9.88. The Morgan fingerprint density at radius 1 is 1.00 bits per heavy atom. The molecule has 0 amide bonds. The molecule has 15 heavy (non-hydrogen) atoms. The molecule has 0 aromatic heterocycles. The summed E-state index contributed by atoms with van der Waals surface area (Å²) in [6.07, 6.45) is 0.942. The van der Waals surface area contributed by atoms with Crippen LogP contribution in [0.4, 0.5) is 0 Å². The average molecular weight is 204 g/mol. The molecule has 0 fully saturated rings. The highest BCUT2D eigenvalue weighted by Gasteiger charge is 2.11. The van der Waals surface area contributed by atoms with Gasteiger partial charge in [0.2, 0.25) is 0 Å². The predicted octanol–water partition coefficient (Wildman–Crippen LogP) is 4.05. The molecule has 82 valence electrons. The third kappa shape index (κ3) is 2.47. The summed E-state index contributed by atoms with van der Waals surface area (Å²) in [6, 6.07) is 4.03. The van der Waals surface area contributed by atoms with E-state index in [0.29, 0.717) is 11.8 Å². The van der Waals surface area contributed by atoms with Crippen LogP contribution in [0.25, 0.3) is 0 Å². The average Bonchev–Trinajstić information content (AvgIpc) is 2.17. The van der Waals surface area contributed by atoms with Crippen LogP contribution in [0.1, 0.15) is 66.6 Å². The molecule has 1 rings (SSSR count). The first-order chi connectivity index (χ1) is 6.97. The monoisotopic (exact) mass is 204 g/mol. The topological polar surface area (TPSA) is 17.1 Å². The summed E-state index contributed by atoms with van der Waals surface area (Å²) in [6.45, 7) is 10.8. The molecule has 0 N–H and O–H groups in total. The van der Waals surface area contributed by atoms with E-state index in [2.05, 4.69) is 34.6 Å². The van der Waals surface area contributed by atoms with Crippen LogP contribution >= 0.6 is 0 Å². The van der Waals surface area contributed by atoms with E-state index >= 15 is 0 Å². The van der Waals surface area contributed by atoms with Crippen molar-refractivity contribution < 1.29 is 4.79 Å². The van der Waals surface area contributed by atoms with Crippen LogP contribution in [-0.2, 0) is 0 Å². The van der Waals surface area contributed by atoms with Crippen LogP contribution in [0.3, 0.4) is 0 Å². The molecule has 0 aliphatic heterocycles. The Balaban J connectivity index is 3.40. The zero-order chi connectivity index (χ0) is 11.6. The van der Waals surface area contributed by atoms with E-state index in [4.69, 9.17) is 0 Å². The minimum atomic E-state index is 0.474. The molecule has 0 heterocycles. The fourth-order valence-corrected chi connectivity index (χ4v) is 2.05. The lowest BCUT2D eigenvalue weighted by molar-refractivity contribution is 0.112. The molecule has 1 aromatic carbocycles. The number of benzene rings is 1. The summed E-state index contributed by atoms with van der Waals surface area (Å²) in [5.74, 6) is 0.949. The lowest BCUT2D eigenvalue weighted by Gasteiger charge is -2.17. The van der Waals surface area contributed by atoms with Crippen LogP contribution in [0.5, 0.6) is 0 Å². The Kier molecular flexibility index (Phi) is 3.67. The summed E-state index contributed by atoms with van der Waals surface area (Å²) < 4.78 is 0. The SMILES string of the molecule is Cc1c(C(C)C)cc(C=O)cc1C(C)C. The molecule has 0 aliphatic rings. The van der Waals surface area contributed by atoms with Gasteiger partial charge in [0.25, 0.3) is 0 Å². The molecule has 1 heteroatoms. The van der Waals surface area contributed by atoms with Gasteiger partial charge >= 0.3 is 0 Å². The molecular weight excluding hydrogens is 184 g/mol. The molecule has 0 saturated heterocycles. The van der Waals surface area contributed by atoms with E-state index in [1.165, 1.54) is 16.7 Å². The van der Waals surface area contributed by atoms with Gasteiger partial charge in [-0.25, -0.2) is 0 Å². The minimum absolute atomic E-state index is 0.474. The zero-order valence-corrected chi connectivity index (χ0v) is 10.3. The quantitative estimate of drug-likeness (QED) is 0.679. The predicted molar refractivity (Wildman–Crippen MR) is 64.7 cm³/mol. The smallest absolute Gasteiger partial charge is 0.150 e. The van der Waals surface area contributed by atoms with Crippen molar-refractivity contribution in [2.45, 2.75) is 46.5 Å². The maximum Gasteiger partial charge on any atom is 0.150 e. The van der Waals surface area contributed by atoms with Gasteiger partial charge in [-0.3, -0.25) is 4.79 Å². The van der Waals surface area contributed by atoms with Crippen molar-refractivity contribution in [1.29, 1.82) is 0 Å². The number of rotatable bonds is 3. The van der Waals surface area contributed by atoms with Crippen LogP contribution in [0.2, 0.25) is 0 Å². The van der Waals surface area contributed by atoms with Crippen LogP contribution in [-0.4, -0.2) is 6.29 Å². The van der Waals surface area contributed by atoms with Crippen molar-refractivity contribution >= 4 is 6.29 Å². The standard InChI is InChI=1S/C14H20O/c1-9(2)13-6-12(8-15)7-14(10(3)4)11(13)5/h6-10H,1-5H3. The van der Waals surface area contributed by atoms with Gasteiger partial charge in [0.05, 0.1) is 0 Å². The molecule has 0 spiro atoms. The van der Waals surface area contributed by atoms with E-state index in [0.717, 1.165) is 11.8 Å². The van der Waals surface area contributed by atoms with Crippen molar-refractivity contribution in [2.24, 2.45) is 0 Å². The van der Waals surface area contributed by atoms with Gasteiger partial charge in [-0.1, -0.05) is 27.7 Å². The van der Waals surface area contributed by atoms with E-state index in [-0.39, 0.29) is 0 Å². The molecule has 1 nitrogen and oxygen atoms in total. The zero-order valence-electron chi connectivity index (χ0n) is 10.3. The number of aldehydes is 1. The van der Waals surface area contributed by atoms with E-state index in [9.17, 15) is 4.79 Å². The number of carbonyl (C=O) groups is 1. The summed E-state index contributed by atoms with van der Waals surface area (Å²) in [4.78, 5) is 10.9. The second-order valence-corrected chi connectivity index (χ2v) is 4.75. The van der Waals surface area contributed by atoms with Crippen LogP contribution in [0.15, 0.2) is 12.1 Å². The maximum absolute atomic E-state index is 10.9. The number of hydrogen-bond donors (Lipinski definition) is 0. The van der Waals surface area contributed by atoms with Gasteiger partial charge in [0.1, 0.15) is 6.29 Å². The number of hydrogen-bond acceptors (Lipinski definition) is 1. The molecule has 1 aromatic rings. The fraction of sp³-hybridized carbons (Fsp3) is 0.500. The van der Waals surface area contributed by atoms with Gasteiger partial charge in [-0.15, -0.1) is 0 Å². The first-order valence-electron chi connectivity index (χ1n) is 5.57. The van der Waals surface area contributed by atoms with Gasteiger partial charge in [-0.05, 0) is 47.6 Å². The lowest BCUT2D eigenvalue weighted by Crippen LogP contribution is -2.01. The summed E-state index contributed by atoms with van der Waals surface area (Å²) in [5.41, 5.74) is 4.73.